The smallest absolute Gasteiger partial charge is 0.252 e. The first kappa shape index (κ1) is 14.9. The lowest BCUT2D eigenvalue weighted by atomic mass is 10.2. The Morgan fingerprint density at radius 3 is 2.50 bits per heavy atom. The summed E-state index contributed by atoms with van der Waals surface area (Å²) in [6.07, 6.45) is 1.37. The maximum atomic E-state index is 11.8. The van der Waals surface area contributed by atoms with Crippen molar-refractivity contribution >= 4 is 34.4 Å². The predicted octanol–water partition coefficient (Wildman–Crippen LogP) is 1.94. The zero-order chi connectivity index (χ0) is 13.4. The van der Waals surface area contributed by atoms with E-state index in [4.69, 9.17) is 0 Å². The highest BCUT2D eigenvalue weighted by molar-refractivity contribution is 14.1. The quantitative estimate of drug-likeness (QED) is 0.602. The fraction of sp³-hybridized carbons (Fsp3) is 0.385. The summed E-state index contributed by atoms with van der Waals surface area (Å²) in [7, 11) is 0. The van der Waals surface area contributed by atoms with Gasteiger partial charge in [0.2, 0.25) is 5.91 Å². The second kappa shape index (κ2) is 8.07. The van der Waals surface area contributed by atoms with Gasteiger partial charge in [-0.05, 0) is 41.1 Å². The average molecular weight is 360 g/mol. The van der Waals surface area contributed by atoms with Crippen molar-refractivity contribution in [3.05, 3.63) is 33.4 Å². The highest BCUT2D eigenvalue weighted by Crippen LogP contribution is 2.10. The fourth-order valence-corrected chi connectivity index (χ4v) is 2.07. The van der Waals surface area contributed by atoms with Gasteiger partial charge in [0.1, 0.15) is 0 Å². The summed E-state index contributed by atoms with van der Waals surface area (Å²) in [4.78, 5) is 23.0. The van der Waals surface area contributed by atoms with Crippen molar-refractivity contribution in [1.82, 2.24) is 10.6 Å². The van der Waals surface area contributed by atoms with Gasteiger partial charge in [-0.15, -0.1) is 0 Å². The molecule has 18 heavy (non-hydrogen) atoms. The maximum Gasteiger partial charge on any atom is 0.252 e. The van der Waals surface area contributed by atoms with E-state index in [1.54, 1.807) is 6.07 Å². The highest BCUT2D eigenvalue weighted by atomic mass is 127. The van der Waals surface area contributed by atoms with Crippen LogP contribution in [0.25, 0.3) is 0 Å². The molecule has 0 atom stereocenters. The Kier molecular flexibility index (Phi) is 6.70. The molecule has 1 rings (SSSR count). The van der Waals surface area contributed by atoms with Crippen LogP contribution < -0.4 is 10.6 Å². The third-order valence-corrected chi connectivity index (χ3v) is 3.27. The minimum atomic E-state index is -0.107. The molecule has 0 radical (unpaired) electrons. The molecule has 0 aliphatic heterocycles. The number of hydrogen-bond acceptors (Lipinski definition) is 2. The van der Waals surface area contributed by atoms with Gasteiger partial charge >= 0.3 is 0 Å². The van der Waals surface area contributed by atoms with Gasteiger partial charge in [0.15, 0.2) is 0 Å². The van der Waals surface area contributed by atoms with Crippen molar-refractivity contribution in [2.24, 2.45) is 0 Å². The lowest BCUT2D eigenvalue weighted by Gasteiger charge is -2.07. The minimum Gasteiger partial charge on any atom is -0.354 e. The molecule has 0 heterocycles. The van der Waals surface area contributed by atoms with Crippen LogP contribution in [0.15, 0.2) is 24.3 Å². The van der Waals surface area contributed by atoms with Crippen molar-refractivity contribution in [1.29, 1.82) is 0 Å². The molecule has 0 aromatic heterocycles. The number of nitrogens with one attached hydrogen (secondary N) is 2. The molecule has 0 aliphatic rings. The molecular formula is C13H17IN2O2. The summed E-state index contributed by atoms with van der Waals surface area (Å²) in [5, 5.41) is 5.53. The normalized spacial score (nSPS) is 9.89. The Morgan fingerprint density at radius 1 is 1.17 bits per heavy atom. The molecule has 0 saturated heterocycles. The zero-order valence-corrected chi connectivity index (χ0v) is 12.5. The lowest BCUT2D eigenvalue weighted by Crippen LogP contribution is -2.34. The first-order valence-electron chi connectivity index (χ1n) is 5.94. The molecule has 0 fully saturated rings. The topological polar surface area (TPSA) is 58.2 Å². The summed E-state index contributed by atoms with van der Waals surface area (Å²) in [6.45, 7) is 2.87. The molecule has 1 aromatic carbocycles. The maximum absolute atomic E-state index is 11.8. The van der Waals surface area contributed by atoms with Crippen LogP contribution in [0.4, 0.5) is 0 Å². The second-order valence-electron chi connectivity index (χ2n) is 3.84. The molecule has 4 nitrogen and oxygen atoms in total. The number of halogens is 1. The van der Waals surface area contributed by atoms with E-state index in [9.17, 15) is 9.59 Å². The molecule has 2 N–H and O–H groups in total. The van der Waals surface area contributed by atoms with Crippen LogP contribution in [0.2, 0.25) is 0 Å². The standard InChI is InChI=1S/C13H17IN2O2/c1-2-5-12(17)15-8-9-16-13(18)10-6-3-4-7-11(10)14/h3-4,6-7H,2,5,8-9H2,1H3,(H,15,17)(H,16,18). The number of carbonyl (C=O) groups is 2. The Balaban J connectivity index is 2.30. The predicted molar refractivity (Wildman–Crippen MR) is 79.4 cm³/mol. The first-order chi connectivity index (χ1) is 8.65. The lowest BCUT2D eigenvalue weighted by molar-refractivity contribution is -0.121. The van der Waals surface area contributed by atoms with Crippen molar-refractivity contribution in [3.8, 4) is 0 Å². The molecule has 0 bridgehead atoms. The van der Waals surface area contributed by atoms with E-state index in [0.717, 1.165) is 9.99 Å². The van der Waals surface area contributed by atoms with Crippen LogP contribution in [-0.4, -0.2) is 24.9 Å². The van der Waals surface area contributed by atoms with E-state index < -0.39 is 0 Å². The third-order valence-electron chi connectivity index (χ3n) is 2.33. The Bertz CT molecular complexity index is 421. The summed E-state index contributed by atoms with van der Waals surface area (Å²) < 4.78 is 0.919. The SMILES string of the molecule is CCCC(=O)NCCNC(=O)c1ccccc1I. The average Bonchev–Trinajstić information content (AvgIpc) is 2.35. The first-order valence-corrected chi connectivity index (χ1v) is 7.02. The van der Waals surface area contributed by atoms with Crippen molar-refractivity contribution in [3.63, 3.8) is 0 Å². The van der Waals surface area contributed by atoms with Crippen molar-refractivity contribution in [2.45, 2.75) is 19.8 Å². The monoisotopic (exact) mass is 360 g/mol. The molecule has 0 aliphatic carbocycles. The van der Waals surface area contributed by atoms with Crippen molar-refractivity contribution in [2.75, 3.05) is 13.1 Å². The number of carbonyl (C=O) groups excluding carboxylic acids is 2. The van der Waals surface area contributed by atoms with Crippen molar-refractivity contribution < 1.29 is 9.59 Å². The van der Waals surface area contributed by atoms with Crippen LogP contribution in [-0.2, 0) is 4.79 Å². The summed E-state index contributed by atoms with van der Waals surface area (Å²) in [5.41, 5.74) is 0.665. The van der Waals surface area contributed by atoms with Crippen LogP contribution in [0.5, 0.6) is 0 Å². The zero-order valence-electron chi connectivity index (χ0n) is 10.3. The summed E-state index contributed by atoms with van der Waals surface area (Å²) in [5.74, 6) is -0.0780. The highest BCUT2D eigenvalue weighted by Gasteiger charge is 2.07. The number of benzene rings is 1. The molecule has 0 saturated carbocycles. The molecule has 0 unspecified atom stereocenters. The van der Waals surface area contributed by atoms with E-state index in [1.165, 1.54) is 0 Å². The second-order valence-corrected chi connectivity index (χ2v) is 5.00. The van der Waals surface area contributed by atoms with Gasteiger partial charge < -0.3 is 10.6 Å². The molecule has 0 spiro atoms. The summed E-state index contributed by atoms with van der Waals surface area (Å²) >= 11 is 2.13. The molecule has 2 amide bonds. The van der Waals surface area contributed by atoms with E-state index in [2.05, 4.69) is 33.2 Å². The van der Waals surface area contributed by atoms with Gasteiger partial charge in [0.25, 0.3) is 5.91 Å². The fourth-order valence-electron chi connectivity index (χ4n) is 1.43. The molecule has 5 heteroatoms. The minimum absolute atomic E-state index is 0.0287. The number of amides is 2. The number of rotatable bonds is 6. The Hall–Kier alpha value is -1.11. The molecular weight excluding hydrogens is 343 g/mol. The van der Waals surface area contributed by atoms with Gasteiger partial charge in [-0.2, -0.15) is 0 Å². The van der Waals surface area contributed by atoms with Crippen LogP contribution >= 0.6 is 22.6 Å². The van der Waals surface area contributed by atoms with Crippen LogP contribution in [0.3, 0.4) is 0 Å². The largest absolute Gasteiger partial charge is 0.354 e. The van der Waals surface area contributed by atoms with Gasteiger partial charge in [0.05, 0.1) is 5.56 Å². The third kappa shape index (κ3) is 5.03. The Morgan fingerprint density at radius 2 is 1.83 bits per heavy atom. The van der Waals surface area contributed by atoms with E-state index >= 15 is 0 Å². The van der Waals surface area contributed by atoms with Gasteiger partial charge in [-0.3, -0.25) is 9.59 Å². The van der Waals surface area contributed by atoms with E-state index in [1.807, 2.05) is 25.1 Å². The van der Waals surface area contributed by atoms with Gasteiger partial charge in [-0.25, -0.2) is 0 Å². The molecule has 98 valence electrons. The van der Waals surface area contributed by atoms with Gasteiger partial charge in [0, 0.05) is 23.1 Å². The summed E-state index contributed by atoms with van der Waals surface area (Å²) in [6, 6.07) is 7.40. The van der Waals surface area contributed by atoms with E-state index in [0.29, 0.717) is 25.1 Å². The molecule has 1 aromatic rings. The Labute approximate surface area is 121 Å². The van der Waals surface area contributed by atoms with E-state index in [-0.39, 0.29) is 11.8 Å². The van der Waals surface area contributed by atoms with Gasteiger partial charge in [-0.1, -0.05) is 19.1 Å². The number of hydrogen-bond donors (Lipinski definition) is 2. The van der Waals surface area contributed by atoms with Crippen LogP contribution in [0, 0.1) is 3.57 Å². The van der Waals surface area contributed by atoms with Crippen LogP contribution in [0.1, 0.15) is 30.1 Å².